The maximum Gasteiger partial charge on any atom is 0.192 e. The van der Waals surface area contributed by atoms with Crippen LogP contribution in [0.4, 0.5) is 5.69 Å². The van der Waals surface area contributed by atoms with E-state index in [1.54, 1.807) is 6.26 Å². The third-order valence-electron chi connectivity index (χ3n) is 9.07. The van der Waals surface area contributed by atoms with Crippen molar-refractivity contribution >= 4 is 36.3 Å². The first-order chi connectivity index (χ1) is 21.0. The highest BCUT2D eigenvalue weighted by Gasteiger charge is 2.37. The second kappa shape index (κ2) is 13.7. The summed E-state index contributed by atoms with van der Waals surface area (Å²) in [6.07, 6.45) is 9.12. The van der Waals surface area contributed by atoms with Crippen molar-refractivity contribution < 1.29 is 8.98 Å². The van der Waals surface area contributed by atoms with E-state index in [2.05, 4.69) is 74.7 Å². The summed E-state index contributed by atoms with van der Waals surface area (Å²) >= 11 is -1.13. The number of aromatic nitrogens is 4. The number of rotatable bonds is 11. The molecule has 0 bridgehead atoms. The summed E-state index contributed by atoms with van der Waals surface area (Å²) < 4.78 is 23.7. The standard InChI is InChI=1S/C34H48N6O2SSi/c1-8-14-30(38-43(5)41)29-17-13-16-28(37-29)25-21-31(39-19-10-9-11-20-39)27-23-35-40(32(27)22-25)33-18-12-15-26(36-33)24-42-44(6,7)34(2,3)4/h12-13,15-18,21-23,30,38H,8-11,14,19-20,24H2,1-7H3/t30-,43+/m0/s1. The lowest BCUT2D eigenvalue weighted by atomic mass is 10.0. The van der Waals surface area contributed by atoms with Gasteiger partial charge in [0.1, 0.15) is 6.26 Å². The summed E-state index contributed by atoms with van der Waals surface area (Å²) in [6, 6.07) is 16.6. The maximum absolute atomic E-state index is 12.1. The molecule has 0 aliphatic carbocycles. The minimum absolute atomic E-state index is 0.0675. The molecule has 0 amide bonds. The molecule has 1 aromatic carbocycles. The van der Waals surface area contributed by atoms with E-state index in [0.717, 1.165) is 65.3 Å². The highest BCUT2D eigenvalue weighted by Crippen LogP contribution is 2.38. The Kier molecular flexibility index (Phi) is 10.2. The minimum atomic E-state index is -1.91. The van der Waals surface area contributed by atoms with E-state index in [4.69, 9.17) is 19.5 Å². The Morgan fingerprint density at radius 3 is 2.50 bits per heavy atom. The first-order valence-corrected chi connectivity index (χ1v) is 20.4. The second-order valence-electron chi connectivity index (χ2n) is 13.4. The van der Waals surface area contributed by atoms with E-state index in [1.807, 2.05) is 35.1 Å². The van der Waals surface area contributed by atoms with Crippen LogP contribution >= 0.6 is 0 Å². The molecular weight excluding hydrogens is 585 g/mol. The van der Waals surface area contributed by atoms with Crippen molar-refractivity contribution in [3.63, 3.8) is 0 Å². The van der Waals surface area contributed by atoms with Gasteiger partial charge in [-0.3, -0.25) is 4.98 Å². The first-order valence-electron chi connectivity index (χ1n) is 15.9. The molecule has 1 aliphatic rings. The number of nitrogens with zero attached hydrogens (tertiary/aromatic N) is 5. The Hall–Kier alpha value is -2.76. The van der Waals surface area contributed by atoms with Gasteiger partial charge in [0.2, 0.25) is 0 Å². The molecule has 0 unspecified atom stereocenters. The average molecular weight is 633 g/mol. The molecule has 4 heterocycles. The molecule has 0 radical (unpaired) electrons. The molecule has 1 fully saturated rings. The topological polar surface area (TPSA) is 91.2 Å². The highest BCUT2D eigenvalue weighted by atomic mass is 32.2. The number of anilines is 1. The average Bonchev–Trinajstić information content (AvgIpc) is 3.43. The maximum atomic E-state index is 12.1. The number of benzene rings is 1. The molecule has 2 atom stereocenters. The third-order valence-corrected chi connectivity index (χ3v) is 14.2. The van der Waals surface area contributed by atoms with Crippen LogP contribution in [0.15, 0.2) is 54.7 Å². The van der Waals surface area contributed by atoms with Crippen LogP contribution in [-0.4, -0.2) is 52.0 Å². The zero-order valence-electron chi connectivity index (χ0n) is 27.4. The molecule has 4 aromatic rings. The van der Waals surface area contributed by atoms with Gasteiger partial charge in [-0.1, -0.05) is 46.2 Å². The number of hydrogen-bond donors (Lipinski definition) is 1. The molecule has 0 saturated carbocycles. The number of nitrogens with one attached hydrogen (secondary N) is 1. The molecule has 3 aromatic heterocycles. The molecule has 1 N–H and O–H groups in total. The van der Waals surface area contributed by atoms with E-state index >= 15 is 0 Å². The van der Waals surface area contributed by atoms with Crippen molar-refractivity contribution in [2.24, 2.45) is 0 Å². The smallest absolute Gasteiger partial charge is 0.192 e. The Balaban J connectivity index is 1.57. The third kappa shape index (κ3) is 7.37. The molecular formula is C34H48N6O2SSi. The number of pyridine rings is 2. The van der Waals surface area contributed by atoms with Gasteiger partial charge in [-0.15, -0.1) is 4.72 Å². The van der Waals surface area contributed by atoms with E-state index < -0.39 is 19.7 Å². The van der Waals surface area contributed by atoms with Crippen LogP contribution in [0.3, 0.4) is 0 Å². The summed E-state index contributed by atoms with van der Waals surface area (Å²) in [4.78, 5) is 12.6. The zero-order chi connectivity index (χ0) is 31.5. The molecule has 44 heavy (non-hydrogen) atoms. The molecule has 1 saturated heterocycles. The Morgan fingerprint density at radius 2 is 1.80 bits per heavy atom. The lowest BCUT2D eigenvalue weighted by Crippen LogP contribution is -2.40. The number of hydrogen-bond acceptors (Lipinski definition) is 7. The molecule has 10 heteroatoms. The van der Waals surface area contributed by atoms with Crippen molar-refractivity contribution in [2.45, 2.75) is 90.6 Å². The summed E-state index contributed by atoms with van der Waals surface area (Å²) in [6.45, 7) is 16.0. The van der Waals surface area contributed by atoms with Crippen molar-refractivity contribution in [1.29, 1.82) is 0 Å². The quantitative estimate of drug-likeness (QED) is 0.134. The van der Waals surface area contributed by atoms with Crippen LogP contribution in [0.5, 0.6) is 0 Å². The van der Waals surface area contributed by atoms with E-state index in [0.29, 0.717) is 6.61 Å². The van der Waals surface area contributed by atoms with E-state index in [9.17, 15) is 4.55 Å². The molecule has 236 valence electrons. The fourth-order valence-corrected chi connectivity index (χ4v) is 7.11. The predicted molar refractivity (Wildman–Crippen MR) is 185 cm³/mol. The van der Waals surface area contributed by atoms with Gasteiger partial charge in [-0.05, 0) is 80.2 Å². The zero-order valence-corrected chi connectivity index (χ0v) is 29.2. The van der Waals surface area contributed by atoms with Crippen molar-refractivity contribution in [3.8, 4) is 17.1 Å². The normalized spacial score (nSPS) is 16.0. The van der Waals surface area contributed by atoms with Gasteiger partial charge >= 0.3 is 0 Å². The van der Waals surface area contributed by atoms with Crippen molar-refractivity contribution in [1.82, 2.24) is 24.5 Å². The van der Waals surface area contributed by atoms with Gasteiger partial charge in [-0.2, -0.15) is 5.10 Å². The van der Waals surface area contributed by atoms with Crippen molar-refractivity contribution in [3.05, 3.63) is 66.1 Å². The number of piperidine rings is 1. The fourth-order valence-electron chi connectivity index (χ4n) is 5.53. The van der Waals surface area contributed by atoms with Crippen LogP contribution in [-0.2, 0) is 22.4 Å². The van der Waals surface area contributed by atoms with Crippen LogP contribution in [0.25, 0.3) is 28.0 Å². The lowest BCUT2D eigenvalue weighted by Gasteiger charge is -2.36. The Bertz CT molecular complexity index is 1560. The first kappa shape index (κ1) is 32.6. The van der Waals surface area contributed by atoms with Crippen molar-refractivity contribution in [2.75, 3.05) is 24.2 Å². The monoisotopic (exact) mass is 632 g/mol. The summed E-state index contributed by atoms with van der Waals surface area (Å²) in [5, 5.41) is 6.13. The highest BCUT2D eigenvalue weighted by molar-refractivity contribution is 7.88. The van der Waals surface area contributed by atoms with Gasteiger partial charge in [0.25, 0.3) is 0 Å². The molecule has 1 aliphatic heterocycles. The molecule has 8 nitrogen and oxygen atoms in total. The van der Waals surface area contributed by atoms with Gasteiger partial charge in [-0.25, -0.2) is 9.67 Å². The molecule has 0 spiro atoms. The fraction of sp³-hybridized carbons (Fsp3) is 0.500. The number of fused-ring (bicyclic) bond motifs is 1. The van der Waals surface area contributed by atoms with Crippen LogP contribution in [0.1, 0.15) is 77.2 Å². The van der Waals surface area contributed by atoms with E-state index in [1.165, 1.54) is 24.9 Å². The molecule has 5 rings (SSSR count). The van der Waals surface area contributed by atoms with E-state index in [-0.39, 0.29) is 11.1 Å². The van der Waals surface area contributed by atoms with Gasteiger partial charge in [0.15, 0.2) is 14.1 Å². The summed E-state index contributed by atoms with van der Waals surface area (Å²) in [7, 11) is -1.91. The lowest BCUT2D eigenvalue weighted by molar-refractivity contribution is 0.272. The van der Waals surface area contributed by atoms with Gasteiger partial charge in [0, 0.05) is 41.1 Å². The van der Waals surface area contributed by atoms with Gasteiger partial charge in [0.05, 0.1) is 41.4 Å². The SMILES string of the molecule is CCC[C@H](N[S@@+](C)[O-])c1cccc(-c2cc(N3CCCCC3)c3cnn(-c4cccc(CO[Si](C)(C)C(C)(C)C)n4)c3c2)n1. The Morgan fingerprint density at radius 1 is 1.05 bits per heavy atom. The van der Waals surface area contributed by atoms with Crippen LogP contribution in [0.2, 0.25) is 18.1 Å². The largest absolute Gasteiger partial charge is 0.598 e. The van der Waals surface area contributed by atoms with Gasteiger partial charge < -0.3 is 13.9 Å². The van der Waals surface area contributed by atoms with Crippen LogP contribution < -0.4 is 9.62 Å². The Labute approximate surface area is 267 Å². The summed E-state index contributed by atoms with van der Waals surface area (Å²) in [5.41, 5.74) is 5.93. The predicted octanol–water partition coefficient (Wildman–Crippen LogP) is 7.72. The second-order valence-corrected chi connectivity index (χ2v) is 19.4. The summed E-state index contributed by atoms with van der Waals surface area (Å²) in [5.74, 6) is 0.775. The minimum Gasteiger partial charge on any atom is -0.598 e. The van der Waals surface area contributed by atoms with Crippen LogP contribution in [0, 0.1) is 0 Å².